The summed E-state index contributed by atoms with van der Waals surface area (Å²) in [5.74, 6) is -5.77. The predicted molar refractivity (Wildman–Crippen MR) is 113 cm³/mol. The lowest BCUT2D eigenvalue weighted by Gasteiger charge is -2.25. The van der Waals surface area contributed by atoms with E-state index in [0.29, 0.717) is 5.92 Å². The second-order valence-corrected chi connectivity index (χ2v) is 10.9. The van der Waals surface area contributed by atoms with Crippen molar-refractivity contribution in [2.24, 2.45) is 17.6 Å². The van der Waals surface area contributed by atoms with Crippen LogP contribution in [0.3, 0.4) is 0 Å². The monoisotopic (exact) mass is 505 g/mol. The first kappa shape index (κ1) is 26.3. The summed E-state index contributed by atoms with van der Waals surface area (Å²) in [6.45, 7) is -0.231. The van der Waals surface area contributed by atoms with E-state index in [1.807, 2.05) is 0 Å². The summed E-state index contributed by atoms with van der Waals surface area (Å²) in [6.07, 6.45) is 0.482. The van der Waals surface area contributed by atoms with E-state index >= 15 is 0 Å². The first-order chi connectivity index (χ1) is 15.8. The zero-order chi connectivity index (χ0) is 25.3. The van der Waals surface area contributed by atoms with Crippen LogP contribution in [0.4, 0.5) is 0 Å². The first-order valence-electron chi connectivity index (χ1n) is 10.9. The van der Waals surface area contributed by atoms with Gasteiger partial charge >= 0.3 is 31.0 Å². The minimum Gasteiger partial charge on any atom is -0.507 e. The van der Waals surface area contributed by atoms with Gasteiger partial charge in [0.25, 0.3) is 10.2 Å². The molecular weight excluding hydrogens is 477 g/mol. The number of rotatable bonds is 13. The number of hydrogen-bond donors (Lipinski definition) is 5. The lowest BCUT2D eigenvalue weighted by molar-refractivity contribution is -0.157. The summed E-state index contributed by atoms with van der Waals surface area (Å²) in [5.41, 5.74) is 2.12. The summed E-state index contributed by atoms with van der Waals surface area (Å²) in [5, 5.41) is 27.7. The number of carboxylic acid groups (broad SMARTS) is 3. The Morgan fingerprint density at radius 1 is 1.18 bits per heavy atom. The predicted octanol–water partition coefficient (Wildman–Crippen LogP) is -1.53. The van der Waals surface area contributed by atoms with Crippen molar-refractivity contribution < 1.29 is 52.2 Å². The molecule has 6 N–H and O–H groups in total. The molecule has 2 heterocycles. The van der Waals surface area contributed by atoms with Crippen LogP contribution in [0, 0.1) is 11.8 Å². The number of nitrogens with zero attached hydrogens (tertiary/aromatic N) is 1. The molecule has 0 aromatic rings. The maximum Gasteiger partial charge on any atom is 0.528 e. The highest BCUT2D eigenvalue weighted by Crippen LogP contribution is 2.35. The summed E-state index contributed by atoms with van der Waals surface area (Å²) in [7, 11) is -5.12. The largest absolute Gasteiger partial charge is 0.528 e. The molecule has 1 aliphatic carbocycles. The Bertz CT molecular complexity index is 941. The summed E-state index contributed by atoms with van der Waals surface area (Å²) in [6, 6.07) is 0. The molecule has 0 bridgehead atoms. The number of nitrogens with one attached hydrogen (secondary N) is 1. The van der Waals surface area contributed by atoms with Crippen molar-refractivity contribution in [2.45, 2.75) is 56.0 Å². The van der Waals surface area contributed by atoms with Crippen LogP contribution in [-0.2, 0) is 38.7 Å². The van der Waals surface area contributed by atoms with Gasteiger partial charge in [-0.3, -0.25) is 19.2 Å². The Balaban J connectivity index is 1.60. The van der Waals surface area contributed by atoms with Crippen LogP contribution in [0.2, 0.25) is 6.32 Å². The third-order valence-corrected chi connectivity index (χ3v) is 7.90. The molecule has 16 heteroatoms. The molecule has 3 rings (SSSR count). The van der Waals surface area contributed by atoms with E-state index in [4.69, 9.17) is 25.3 Å². The molecule has 0 unspecified atom stereocenters. The van der Waals surface area contributed by atoms with E-state index in [1.54, 1.807) is 0 Å². The number of hydrogen-bond acceptors (Lipinski definition) is 9. The highest BCUT2D eigenvalue weighted by molar-refractivity contribution is 7.87. The van der Waals surface area contributed by atoms with Crippen molar-refractivity contribution in [1.82, 2.24) is 9.03 Å². The normalized spacial score (nSPS) is 27.0. The van der Waals surface area contributed by atoms with Crippen LogP contribution in [0.5, 0.6) is 0 Å². The molecule has 3 fully saturated rings. The van der Waals surface area contributed by atoms with Gasteiger partial charge in [0.2, 0.25) is 0 Å². The number of carbonyl (C=O) groups is 4. The van der Waals surface area contributed by atoms with Gasteiger partial charge < -0.3 is 30.4 Å². The van der Waals surface area contributed by atoms with Crippen LogP contribution in [-0.4, -0.2) is 89.8 Å². The molecule has 190 valence electrons. The minimum atomic E-state index is -3.90. The molecule has 14 nitrogen and oxygen atoms in total. The summed E-state index contributed by atoms with van der Waals surface area (Å²) < 4.78 is 39.1. The lowest BCUT2D eigenvalue weighted by Crippen LogP contribution is -2.55. The van der Waals surface area contributed by atoms with Crippen molar-refractivity contribution >= 4 is 41.2 Å². The van der Waals surface area contributed by atoms with Gasteiger partial charge in [-0.25, -0.2) is 4.72 Å². The molecule has 0 spiro atoms. The second-order valence-electron chi connectivity index (χ2n) is 9.15. The number of aliphatic carboxylic acids is 3. The van der Waals surface area contributed by atoms with Crippen LogP contribution < -0.4 is 10.5 Å². The Hall–Kier alpha value is -2.27. The van der Waals surface area contributed by atoms with Gasteiger partial charge in [-0.2, -0.15) is 12.7 Å². The summed E-state index contributed by atoms with van der Waals surface area (Å²) >= 11 is 0. The maximum absolute atomic E-state index is 12.6. The Morgan fingerprint density at radius 2 is 1.79 bits per heavy atom. The van der Waals surface area contributed by atoms with Gasteiger partial charge in [-0.05, 0) is 31.5 Å². The van der Waals surface area contributed by atoms with Gasteiger partial charge in [-0.15, -0.1) is 0 Å². The van der Waals surface area contributed by atoms with E-state index in [9.17, 15) is 32.7 Å². The molecule has 2 aliphatic heterocycles. The zero-order valence-electron chi connectivity index (χ0n) is 18.3. The summed E-state index contributed by atoms with van der Waals surface area (Å²) in [4.78, 5) is 46.3. The molecule has 0 aromatic heterocycles. The van der Waals surface area contributed by atoms with E-state index in [0.717, 1.165) is 17.1 Å². The van der Waals surface area contributed by atoms with E-state index in [-0.39, 0.29) is 32.3 Å². The molecule has 0 amide bonds. The van der Waals surface area contributed by atoms with Crippen molar-refractivity contribution in [2.75, 3.05) is 19.6 Å². The fourth-order valence-electron chi connectivity index (χ4n) is 4.28. The van der Waals surface area contributed by atoms with Crippen molar-refractivity contribution in [3.63, 3.8) is 0 Å². The third-order valence-electron chi connectivity index (χ3n) is 6.41. The fraction of sp³-hybridized carbons (Fsp3) is 0.778. The number of nitrogens with two attached hydrogens (primary N) is 1. The Labute approximate surface area is 196 Å². The Morgan fingerprint density at radius 3 is 2.32 bits per heavy atom. The van der Waals surface area contributed by atoms with Gasteiger partial charge in [-0.1, -0.05) is 6.42 Å². The van der Waals surface area contributed by atoms with E-state index < -0.39 is 77.6 Å². The molecule has 0 aromatic carbocycles. The van der Waals surface area contributed by atoms with Crippen LogP contribution >= 0.6 is 0 Å². The van der Waals surface area contributed by atoms with Crippen molar-refractivity contribution in [1.29, 1.82) is 0 Å². The van der Waals surface area contributed by atoms with E-state index in [2.05, 4.69) is 4.72 Å². The third kappa shape index (κ3) is 5.86. The minimum absolute atomic E-state index is 0.0195. The zero-order valence-corrected chi connectivity index (χ0v) is 19.2. The quantitative estimate of drug-likeness (QED) is 0.180. The average Bonchev–Trinajstić information content (AvgIpc) is 3.41. The van der Waals surface area contributed by atoms with E-state index in [1.165, 1.54) is 0 Å². The van der Waals surface area contributed by atoms with Gasteiger partial charge in [0.05, 0.1) is 12.8 Å². The maximum atomic E-state index is 12.6. The Kier molecular flexibility index (Phi) is 7.57. The fourth-order valence-corrected chi connectivity index (χ4v) is 5.67. The first-order valence-corrected chi connectivity index (χ1v) is 12.3. The molecule has 0 radical (unpaired) electrons. The second kappa shape index (κ2) is 9.77. The van der Waals surface area contributed by atoms with Crippen LogP contribution in [0.1, 0.15) is 38.5 Å². The van der Waals surface area contributed by atoms with Crippen LogP contribution in [0.15, 0.2) is 0 Å². The van der Waals surface area contributed by atoms with Gasteiger partial charge in [0, 0.05) is 25.6 Å². The molecule has 2 saturated heterocycles. The van der Waals surface area contributed by atoms with Crippen LogP contribution in [0.25, 0.3) is 0 Å². The van der Waals surface area contributed by atoms with Gasteiger partial charge in [0.1, 0.15) is 5.54 Å². The lowest BCUT2D eigenvalue weighted by atomic mass is 9.78. The molecule has 3 aliphatic rings. The highest BCUT2D eigenvalue weighted by atomic mass is 32.2. The molecule has 34 heavy (non-hydrogen) atoms. The average molecular weight is 505 g/mol. The topological polar surface area (TPSA) is 223 Å². The molecular formula is C18H28BN3O11S. The molecule has 2 atom stereocenters. The van der Waals surface area contributed by atoms with Gasteiger partial charge in [0.15, 0.2) is 5.60 Å². The number of carbonyl (C=O) groups excluding carboxylic acids is 1. The SMILES string of the molecule is N[C@@]1(C(=O)O)CN(S(=O)(=O)NCC2CC2)C[C@@H]1CCCB1OC(=O)C(CC(=O)O)(CC(=O)O)O1. The smallest absolute Gasteiger partial charge is 0.507 e. The molecule has 1 saturated carbocycles. The number of carboxylic acids is 3. The highest BCUT2D eigenvalue weighted by Gasteiger charge is 2.56. The standard InChI is InChI=1S/C18H28BN3O11S/c20-18(15(27)28)10-22(34(30,31)21-8-11-3-4-11)9-12(18)2-1-5-19-32-16(29)17(33-19,6-13(23)24)7-14(25)26/h11-12,21H,1-10,20H2,(H,23,24)(H,25,26)(H,27,28)/t12-,18-/m0/s1. The van der Waals surface area contributed by atoms with Crippen molar-refractivity contribution in [3.8, 4) is 0 Å². The van der Waals surface area contributed by atoms with Crippen molar-refractivity contribution in [3.05, 3.63) is 0 Å².